The Kier molecular flexibility index (Phi) is 8.58. The molecule has 3 saturated carbocycles. The molecule has 3 nitrogen and oxygen atoms in total. The molecule has 3 aliphatic carbocycles. The predicted octanol–water partition coefficient (Wildman–Crippen LogP) is 5.91. The van der Waals surface area contributed by atoms with E-state index < -0.39 is 5.60 Å². The predicted molar refractivity (Wildman–Crippen MR) is 126 cm³/mol. The van der Waals surface area contributed by atoms with Crippen molar-refractivity contribution in [2.45, 2.75) is 110 Å². The molecule has 0 radical (unpaired) electrons. The largest absolute Gasteiger partial charge is 0.412 e. The number of rotatable bonds is 6. The quantitative estimate of drug-likeness (QED) is 0.563. The van der Waals surface area contributed by atoms with Gasteiger partial charge in [-0.15, -0.1) is 0 Å². The van der Waals surface area contributed by atoms with Crippen molar-refractivity contribution in [1.29, 1.82) is 0 Å². The lowest BCUT2D eigenvalue weighted by Crippen LogP contribution is -2.36. The molecule has 0 heterocycles. The Morgan fingerprint density at radius 2 is 1.93 bits per heavy atom. The minimum Gasteiger partial charge on any atom is -0.412 e. The molecule has 3 aliphatic rings. The van der Waals surface area contributed by atoms with E-state index in [0.29, 0.717) is 5.41 Å². The first kappa shape index (κ1) is 25.4. The second-order valence-electron chi connectivity index (χ2n) is 11.2. The molecular weight excluding hydrogens is 372 g/mol. The molecule has 0 saturated heterocycles. The highest BCUT2D eigenvalue weighted by Gasteiger charge is 2.50. The molecule has 0 amide bonds. The molecule has 4 N–H and O–H groups in total. The fraction of sp³-hybridized carbons (Fsp3) is 0.778. The van der Waals surface area contributed by atoms with Gasteiger partial charge in [0.25, 0.3) is 0 Å². The zero-order valence-corrected chi connectivity index (χ0v) is 19.8. The number of hydrogen-bond acceptors (Lipinski definition) is 2. The van der Waals surface area contributed by atoms with Gasteiger partial charge in [-0.3, -0.25) is 0 Å². The molecule has 0 aromatic heterocycles. The van der Waals surface area contributed by atoms with Crippen molar-refractivity contribution in [3.8, 4) is 0 Å². The average molecular weight is 419 g/mol. The van der Waals surface area contributed by atoms with Crippen LogP contribution in [0.3, 0.4) is 0 Å². The van der Waals surface area contributed by atoms with Crippen molar-refractivity contribution >= 4 is 0 Å². The van der Waals surface area contributed by atoms with Crippen molar-refractivity contribution in [1.82, 2.24) is 0 Å². The van der Waals surface area contributed by atoms with Crippen LogP contribution < -0.4 is 0 Å². The summed E-state index contributed by atoms with van der Waals surface area (Å²) >= 11 is 0. The van der Waals surface area contributed by atoms with Gasteiger partial charge in [0.05, 0.1) is 11.7 Å². The SMILES string of the molecule is C=C1CC[C@H](O)C/C1=C/C=C1CCC[C@@]2(C)C1CC[C@@H]2[C@H](C)CCCC(C)(C)O.O. The number of allylic oxidation sites excluding steroid dienone is 4. The lowest BCUT2D eigenvalue weighted by molar-refractivity contribution is 0.0596. The summed E-state index contributed by atoms with van der Waals surface area (Å²) < 4.78 is 0. The Labute approximate surface area is 184 Å². The van der Waals surface area contributed by atoms with Crippen LogP contribution >= 0.6 is 0 Å². The van der Waals surface area contributed by atoms with E-state index in [4.69, 9.17) is 0 Å². The fourth-order valence-electron chi connectivity index (χ4n) is 6.67. The molecule has 0 bridgehead atoms. The van der Waals surface area contributed by atoms with Crippen LogP contribution in [0.2, 0.25) is 0 Å². The van der Waals surface area contributed by atoms with E-state index in [1.807, 2.05) is 13.8 Å². The zero-order chi connectivity index (χ0) is 21.2. The van der Waals surface area contributed by atoms with E-state index in [1.165, 1.54) is 49.7 Å². The van der Waals surface area contributed by atoms with Gasteiger partial charge in [0.2, 0.25) is 0 Å². The van der Waals surface area contributed by atoms with Gasteiger partial charge in [0.1, 0.15) is 0 Å². The summed E-state index contributed by atoms with van der Waals surface area (Å²) in [6.07, 6.45) is 16.9. The molecule has 0 aromatic carbocycles. The topological polar surface area (TPSA) is 72.0 Å². The van der Waals surface area contributed by atoms with E-state index in [1.54, 1.807) is 5.57 Å². The number of aliphatic hydroxyl groups is 2. The first-order valence-electron chi connectivity index (χ1n) is 12.1. The summed E-state index contributed by atoms with van der Waals surface area (Å²) in [6, 6.07) is 0. The second-order valence-corrected chi connectivity index (χ2v) is 11.2. The Hall–Kier alpha value is -0.900. The van der Waals surface area contributed by atoms with Crippen LogP contribution in [0, 0.1) is 23.2 Å². The first-order valence-corrected chi connectivity index (χ1v) is 12.1. The highest BCUT2D eigenvalue weighted by atomic mass is 16.3. The van der Waals surface area contributed by atoms with E-state index in [9.17, 15) is 10.2 Å². The number of fused-ring (bicyclic) bond motifs is 1. The van der Waals surface area contributed by atoms with Crippen LogP contribution in [0.1, 0.15) is 98.3 Å². The molecule has 0 aromatic rings. The standard InChI is InChI=1S/C27H44O2.H2O/c1-19-10-13-23(28)18-22(19)12-11-21-9-7-17-27(5)24(14-15-25(21)27)20(2)8-6-16-26(3,4)29;/h11-12,20,23-25,28-29H,1,6-10,13-18H2,2-5H3;1H2/b21-11?,22-12-;/t20-,23+,24-,25?,27-;/m1./s1. The molecule has 1 unspecified atom stereocenters. The van der Waals surface area contributed by atoms with Crippen LogP contribution in [-0.2, 0) is 0 Å². The number of hydrogen-bond donors (Lipinski definition) is 2. The smallest absolute Gasteiger partial charge is 0.0591 e. The van der Waals surface area contributed by atoms with E-state index in [2.05, 4.69) is 32.6 Å². The van der Waals surface area contributed by atoms with Gasteiger partial charge >= 0.3 is 0 Å². The minimum absolute atomic E-state index is 0. The highest BCUT2D eigenvalue weighted by molar-refractivity contribution is 5.36. The third-order valence-corrected chi connectivity index (χ3v) is 8.36. The Bertz CT molecular complexity index is 654. The van der Waals surface area contributed by atoms with Gasteiger partial charge in [0, 0.05) is 0 Å². The van der Waals surface area contributed by atoms with Gasteiger partial charge in [0.15, 0.2) is 0 Å². The lowest BCUT2D eigenvalue weighted by Gasteiger charge is -2.44. The zero-order valence-electron chi connectivity index (χ0n) is 19.8. The van der Waals surface area contributed by atoms with Crippen LogP contribution in [-0.4, -0.2) is 27.4 Å². The summed E-state index contributed by atoms with van der Waals surface area (Å²) in [4.78, 5) is 0. The molecule has 30 heavy (non-hydrogen) atoms. The van der Waals surface area contributed by atoms with Gasteiger partial charge in [-0.1, -0.05) is 56.6 Å². The lowest BCUT2D eigenvalue weighted by atomic mass is 9.60. The number of aliphatic hydroxyl groups excluding tert-OH is 1. The Balaban J connectivity index is 0.00000320. The molecule has 3 fully saturated rings. The van der Waals surface area contributed by atoms with Crippen molar-refractivity contribution in [2.75, 3.05) is 0 Å². The monoisotopic (exact) mass is 418 g/mol. The summed E-state index contributed by atoms with van der Waals surface area (Å²) in [5.41, 5.74) is 4.02. The maximum absolute atomic E-state index is 10.0. The Morgan fingerprint density at radius 3 is 2.63 bits per heavy atom. The molecule has 0 spiro atoms. The summed E-state index contributed by atoms with van der Waals surface area (Å²) in [5.74, 6) is 2.26. The summed E-state index contributed by atoms with van der Waals surface area (Å²) in [6.45, 7) is 13.1. The average Bonchev–Trinajstić information content (AvgIpc) is 2.99. The normalized spacial score (nSPS) is 35.9. The van der Waals surface area contributed by atoms with Gasteiger partial charge in [-0.25, -0.2) is 0 Å². The summed E-state index contributed by atoms with van der Waals surface area (Å²) in [5, 5.41) is 20.1. The highest BCUT2D eigenvalue weighted by Crippen LogP contribution is 2.60. The summed E-state index contributed by atoms with van der Waals surface area (Å²) in [7, 11) is 0. The maximum Gasteiger partial charge on any atom is 0.0591 e. The van der Waals surface area contributed by atoms with Gasteiger partial charge in [-0.05, 0) is 100 Å². The van der Waals surface area contributed by atoms with E-state index in [0.717, 1.165) is 49.9 Å². The van der Waals surface area contributed by atoms with E-state index >= 15 is 0 Å². The third kappa shape index (κ3) is 5.87. The molecule has 172 valence electrons. The van der Waals surface area contributed by atoms with Crippen LogP contribution in [0.25, 0.3) is 0 Å². The van der Waals surface area contributed by atoms with Crippen molar-refractivity contribution in [3.05, 3.63) is 35.5 Å². The van der Waals surface area contributed by atoms with Gasteiger partial charge in [-0.2, -0.15) is 0 Å². The maximum atomic E-state index is 10.0. The van der Waals surface area contributed by atoms with Crippen molar-refractivity contribution in [2.24, 2.45) is 23.2 Å². The molecule has 3 heteroatoms. The fourth-order valence-corrected chi connectivity index (χ4v) is 6.67. The van der Waals surface area contributed by atoms with Crippen molar-refractivity contribution < 1.29 is 15.7 Å². The third-order valence-electron chi connectivity index (χ3n) is 8.36. The molecular formula is C27H46O3. The minimum atomic E-state index is -0.535. The second kappa shape index (κ2) is 10.1. The molecule has 0 aliphatic heterocycles. The first-order chi connectivity index (χ1) is 13.6. The van der Waals surface area contributed by atoms with Crippen LogP contribution in [0.5, 0.6) is 0 Å². The molecule has 5 atom stereocenters. The molecule has 3 rings (SSSR count). The van der Waals surface area contributed by atoms with Crippen LogP contribution in [0.15, 0.2) is 35.5 Å². The van der Waals surface area contributed by atoms with Crippen LogP contribution in [0.4, 0.5) is 0 Å². The van der Waals surface area contributed by atoms with E-state index in [-0.39, 0.29) is 11.6 Å². The van der Waals surface area contributed by atoms with Crippen molar-refractivity contribution in [3.63, 3.8) is 0 Å². The Morgan fingerprint density at radius 1 is 1.20 bits per heavy atom. The van der Waals surface area contributed by atoms with Gasteiger partial charge < -0.3 is 15.7 Å².